The van der Waals surface area contributed by atoms with Gasteiger partial charge in [0, 0.05) is 0 Å². The van der Waals surface area contributed by atoms with E-state index in [-0.39, 0.29) is 12.5 Å². The third-order valence-corrected chi connectivity index (χ3v) is 2.92. The standard InChI is InChI=1S/C14H19NO3/c1-11(2)12-6-3-4-7-13(12)17-10-14(16)15-8-5-9-18-15/h3-4,6-7,11H,5,8-10H2,1-2H3. The molecule has 0 radical (unpaired) electrons. The lowest BCUT2D eigenvalue weighted by atomic mass is 10.0. The second kappa shape index (κ2) is 5.87. The van der Waals surface area contributed by atoms with E-state index in [9.17, 15) is 4.79 Å². The van der Waals surface area contributed by atoms with Gasteiger partial charge in [-0.3, -0.25) is 9.63 Å². The number of ether oxygens (including phenoxy) is 1. The van der Waals surface area contributed by atoms with Gasteiger partial charge in [0.15, 0.2) is 6.61 Å². The minimum atomic E-state index is -0.119. The van der Waals surface area contributed by atoms with Gasteiger partial charge in [0.2, 0.25) is 0 Å². The lowest BCUT2D eigenvalue weighted by molar-refractivity contribution is -0.170. The van der Waals surface area contributed by atoms with Crippen LogP contribution in [-0.4, -0.2) is 30.7 Å². The van der Waals surface area contributed by atoms with Crippen LogP contribution in [0.3, 0.4) is 0 Å². The molecular weight excluding hydrogens is 230 g/mol. The predicted molar refractivity (Wildman–Crippen MR) is 68.3 cm³/mol. The highest BCUT2D eigenvalue weighted by atomic mass is 16.7. The lowest BCUT2D eigenvalue weighted by Gasteiger charge is -2.16. The first-order valence-corrected chi connectivity index (χ1v) is 6.33. The highest BCUT2D eigenvalue weighted by Gasteiger charge is 2.20. The first-order chi connectivity index (χ1) is 8.68. The zero-order chi connectivity index (χ0) is 13.0. The summed E-state index contributed by atoms with van der Waals surface area (Å²) in [6, 6.07) is 7.82. The van der Waals surface area contributed by atoms with E-state index >= 15 is 0 Å². The smallest absolute Gasteiger partial charge is 0.283 e. The van der Waals surface area contributed by atoms with Crippen LogP contribution in [0, 0.1) is 0 Å². The fraction of sp³-hybridized carbons (Fsp3) is 0.500. The van der Waals surface area contributed by atoms with Crippen molar-refractivity contribution >= 4 is 5.91 Å². The maximum absolute atomic E-state index is 11.8. The van der Waals surface area contributed by atoms with Gasteiger partial charge in [0.1, 0.15) is 5.75 Å². The Morgan fingerprint density at radius 3 is 2.89 bits per heavy atom. The summed E-state index contributed by atoms with van der Waals surface area (Å²) >= 11 is 0. The summed E-state index contributed by atoms with van der Waals surface area (Å²) in [7, 11) is 0. The van der Waals surface area contributed by atoms with Crippen molar-refractivity contribution in [1.82, 2.24) is 5.06 Å². The number of carbonyl (C=O) groups excluding carboxylic acids is 1. The van der Waals surface area contributed by atoms with Crippen LogP contribution < -0.4 is 4.74 Å². The van der Waals surface area contributed by atoms with E-state index in [0.29, 0.717) is 19.1 Å². The van der Waals surface area contributed by atoms with Gasteiger partial charge in [-0.25, -0.2) is 5.06 Å². The highest BCUT2D eigenvalue weighted by Crippen LogP contribution is 2.25. The highest BCUT2D eigenvalue weighted by molar-refractivity contribution is 5.76. The largest absolute Gasteiger partial charge is 0.483 e. The molecule has 0 bridgehead atoms. The number of hydroxylamine groups is 2. The van der Waals surface area contributed by atoms with Crippen molar-refractivity contribution in [3.8, 4) is 5.75 Å². The average Bonchev–Trinajstić information content (AvgIpc) is 2.90. The van der Waals surface area contributed by atoms with Crippen LogP contribution in [0.25, 0.3) is 0 Å². The summed E-state index contributed by atoms with van der Waals surface area (Å²) in [4.78, 5) is 17.0. The van der Waals surface area contributed by atoms with E-state index in [4.69, 9.17) is 9.57 Å². The maximum atomic E-state index is 11.8. The Hall–Kier alpha value is -1.55. The zero-order valence-corrected chi connectivity index (χ0v) is 10.9. The molecule has 0 N–H and O–H groups in total. The minimum Gasteiger partial charge on any atom is -0.483 e. The molecule has 1 aromatic rings. The maximum Gasteiger partial charge on any atom is 0.283 e. The van der Waals surface area contributed by atoms with Crippen molar-refractivity contribution in [2.24, 2.45) is 0 Å². The second-order valence-corrected chi connectivity index (χ2v) is 4.66. The molecule has 1 aliphatic heterocycles. The van der Waals surface area contributed by atoms with Crippen molar-refractivity contribution in [3.05, 3.63) is 29.8 Å². The second-order valence-electron chi connectivity index (χ2n) is 4.66. The minimum absolute atomic E-state index is 0.0315. The van der Waals surface area contributed by atoms with Gasteiger partial charge in [0.25, 0.3) is 5.91 Å². The molecule has 0 aromatic heterocycles. The van der Waals surface area contributed by atoms with E-state index in [1.807, 2.05) is 24.3 Å². The SMILES string of the molecule is CC(C)c1ccccc1OCC(=O)N1CCCO1. The molecule has 98 valence electrons. The van der Waals surface area contributed by atoms with E-state index in [1.165, 1.54) is 5.06 Å². The molecule has 1 fully saturated rings. The number of amides is 1. The predicted octanol–water partition coefficient (Wildman–Crippen LogP) is 2.35. The molecule has 1 heterocycles. The van der Waals surface area contributed by atoms with Crippen molar-refractivity contribution < 1.29 is 14.4 Å². The average molecular weight is 249 g/mol. The van der Waals surface area contributed by atoms with Crippen LogP contribution in [-0.2, 0) is 9.63 Å². The Morgan fingerprint density at radius 2 is 2.22 bits per heavy atom. The van der Waals surface area contributed by atoms with Gasteiger partial charge in [-0.05, 0) is 24.0 Å². The lowest BCUT2D eigenvalue weighted by Crippen LogP contribution is -2.31. The first kappa shape index (κ1) is 12.9. The molecule has 0 atom stereocenters. The Labute approximate surface area is 107 Å². The molecule has 0 aliphatic carbocycles. The van der Waals surface area contributed by atoms with E-state index in [2.05, 4.69) is 13.8 Å². The summed E-state index contributed by atoms with van der Waals surface area (Å²) in [6.45, 7) is 5.52. The number of carbonyl (C=O) groups is 1. The summed E-state index contributed by atoms with van der Waals surface area (Å²) in [5.41, 5.74) is 1.12. The fourth-order valence-electron chi connectivity index (χ4n) is 1.94. The van der Waals surface area contributed by atoms with Crippen molar-refractivity contribution in [3.63, 3.8) is 0 Å². The fourth-order valence-corrected chi connectivity index (χ4v) is 1.94. The number of benzene rings is 1. The molecule has 4 heteroatoms. The van der Waals surface area contributed by atoms with Crippen LogP contribution in [0.4, 0.5) is 0 Å². The number of nitrogens with zero attached hydrogens (tertiary/aromatic N) is 1. The molecule has 1 saturated heterocycles. The quantitative estimate of drug-likeness (QED) is 0.822. The van der Waals surface area contributed by atoms with Gasteiger partial charge < -0.3 is 4.74 Å². The van der Waals surface area contributed by atoms with Gasteiger partial charge in [-0.15, -0.1) is 0 Å². The molecular formula is C14H19NO3. The van der Waals surface area contributed by atoms with Crippen LogP contribution in [0.15, 0.2) is 24.3 Å². The molecule has 18 heavy (non-hydrogen) atoms. The van der Waals surface area contributed by atoms with E-state index in [0.717, 1.165) is 17.7 Å². The normalized spacial score (nSPS) is 15.2. The van der Waals surface area contributed by atoms with Crippen molar-refractivity contribution in [2.45, 2.75) is 26.2 Å². The Bertz CT molecular complexity index is 411. The van der Waals surface area contributed by atoms with Crippen LogP contribution in [0.5, 0.6) is 5.75 Å². The molecule has 2 rings (SSSR count). The third-order valence-electron chi connectivity index (χ3n) is 2.92. The van der Waals surface area contributed by atoms with Gasteiger partial charge in [-0.1, -0.05) is 32.0 Å². The van der Waals surface area contributed by atoms with Crippen LogP contribution in [0.2, 0.25) is 0 Å². The number of hydrogen-bond acceptors (Lipinski definition) is 3. The molecule has 0 saturated carbocycles. The number of para-hydroxylation sites is 1. The van der Waals surface area contributed by atoms with Crippen LogP contribution >= 0.6 is 0 Å². The molecule has 1 amide bonds. The van der Waals surface area contributed by atoms with E-state index in [1.54, 1.807) is 0 Å². The van der Waals surface area contributed by atoms with Gasteiger partial charge >= 0.3 is 0 Å². The summed E-state index contributed by atoms with van der Waals surface area (Å²) in [5.74, 6) is 1.03. The monoisotopic (exact) mass is 249 g/mol. The van der Waals surface area contributed by atoms with Gasteiger partial charge in [-0.2, -0.15) is 0 Å². The Balaban J connectivity index is 1.95. The Morgan fingerprint density at radius 1 is 1.44 bits per heavy atom. The molecule has 1 aromatic carbocycles. The molecule has 4 nitrogen and oxygen atoms in total. The summed E-state index contributed by atoms with van der Waals surface area (Å²) in [6.07, 6.45) is 0.897. The molecule has 0 spiro atoms. The summed E-state index contributed by atoms with van der Waals surface area (Å²) in [5, 5.41) is 1.39. The number of hydrogen-bond donors (Lipinski definition) is 0. The Kier molecular flexibility index (Phi) is 4.20. The van der Waals surface area contributed by atoms with Gasteiger partial charge in [0.05, 0.1) is 13.2 Å². The number of rotatable bonds is 4. The van der Waals surface area contributed by atoms with Crippen LogP contribution in [0.1, 0.15) is 31.7 Å². The van der Waals surface area contributed by atoms with Crippen molar-refractivity contribution in [2.75, 3.05) is 19.8 Å². The topological polar surface area (TPSA) is 38.8 Å². The molecule has 1 aliphatic rings. The van der Waals surface area contributed by atoms with Crippen molar-refractivity contribution in [1.29, 1.82) is 0 Å². The third kappa shape index (κ3) is 3.01. The summed E-state index contributed by atoms with van der Waals surface area (Å²) < 4.78 is 5.60. The first-order valence-electron chi connectivity index (χ1n) is 6.33. The van der Waals surface area contributed by atoms with E-state index < -0.39 is 0 Å². The molecule has 0 unspecified atom stereocenters. The zero-order valence-electron chi connectivity index (χ0n) is 10.9.